The zero-order valence-corrected chi connectivity index (χ0v) is 27.7. The van der Waals surface area contributed by atoms with E-state index in [0.717, 1.165) is 77.0 Å². The fourth-order valence-electron chi connectivity index (χ4n) is 4.97. The van der Waals surface area contributed by atoms with Crippen LogP contribution in [-0.2, 0) is 16.0 Å². The number of nitriles is 1. The van der Waals surface area contributed by atoms with E-state index in [-0.39, 0.29) is 59.3 Å². The van der Waals surface area contributed by atoms with Gasteiger partial charge in [-0.2, -0.15) is 5.26 Å². The number of aromatic nitrogens is 1. The number of esters is 2. The van der Waals surface area contributed by atoms with E-state index in [1.165, 1.54) is 29.7 Å². The lowest BCUT2D eigenvalue weighted by Crippen LogP contribution is -2.25. The van der Waals surface area contributed by atoms with Crippen LogP contribution in [0.5, 0.6) is 5.88 Å². The number of pyridine rings is 1. The molecule has 2 aromatic rings. The van der Waals surface area contributed by atoms with Crippen LogP contribution < -0.4 is 5.56 Å². The minimum Gasteiger partial charge on any atom is -0.493 e. The first kappa shape index (κ1) is 37.2. The minimum absolute atomic E-state index is 0.0281. The highest BCUT2D eigenvalue weighted by atomic mass is 16.5. The fourth-order valence-corrected chi connectivity index (χ4v) is 4.97. The van der Waals surface area contributed by atoms with Crippen LogP contribution in [-0.4, -0.2) is 34.8 Å². The number of carbonyl (C=O) groups is 2. The largest absolute Gasteiger partial charge is 0.493 e. The van der Waals surface area contributed by atoms with E-state index in [0.29, 0.717) is 0 Å². The van der Waals surface area contributed by atoms with Crippen LogP contribution in [0.4, 0.5) is 11.4 Å². The lowest BCUT2D eigenvalue weighted by molar-refractivity contribution is 0.0484. The maximum absolute atomic E-state index is 13.6. The Hall–Kier alpha value is -4.00. The Morgan fingerprint density at radius 3 is 2.11 bits per heavy atom. The average molecular weight is 623 g/mol. The number of carbonyl (C=O) groups excluding carboxylic acids is 2. The van der Waals surface area contributed by atoms with E-state index in [9.17, 15) is 24.8 Å². The summed E-state index contributed by atoms with van der Waals surface area (Å²) < 4.78 is 12.1. The van der Waals surface area contributed by atoms with Crippen LogP contribution in [0.2, 0.25) is 0 Å². The maximum atomic E-state index is 13.6. The van der Waals surface area contributed by atoms with E-state index in [1.54, 1.807) is 0 Å². The Kier molecular flexibility index (Phi) is 16.6. The Bertz CT molecular complexity index is 1390. The fraction of sp³-hybridized carbons (Fsp3) is 0.600. The van der Waals surface area contributed by atoms with Crippen LogP contribution in [0.3, 0.4) is 0 Å². The molecule has 0 radical (unpaired) electrons. The summed E-state index contributed by atoms with van der Waals surface area (Å²) in [5.74, 6) is -1.46. The third-order valence-electron chi connectivity index (χ3n) is 7.93. The third kappa shape index (κ3) is 11.1. The SMILES string of the molecule is CCCCCCOC(=O)c1ccc(C(=O)OCCCCCC)c(N=Nc2c(C)c(C#N)c(O)n(CC(CC)CCCC)c2=O)c1. The van der Waals surface area contributed by atoms with Gasteiger partial charge >= 0.3 is 11.9 Å². The molecule has 10 nitrogen and oxygen atoms in total. The first-order valence-electron chi connectivity index (χ1n) is 16.5. The molecule has 1 unspecified atom stereocenters. The lowest BCUT2D eigenvalue weighted by atomic mass is 9.99. The van der Waals surface area contributed by atoms with Gasteiger partial charge in [-0.15, -0.1) is 10.2 Å². The Balaban J connectivity index is 2.51. The van der Waals surface area contributed by atoms with E-state index in [1.807, 2.05) is 13.0 Å². The molecule has 246 valence electrons. The van der Waals surface area contributed by atoms with E-state index in [2.05, 4.69) is 31.0 Å². The molecule has 0 fully saturated rings. The van der Waals surface area contributed by atoms with Crippen LogP contribution in [0.25, 0.3) is 0 Å². The third-order valence-corrected chi connectivity index (χ3v) is 7.93. The van der Waals surface area contributed by atoms with Crippen molar-refractivity contribution in [3.63, 3.8) is 0 Å². The zero-order chi connectivity index (χ0) is 33.2. The van der Waals surface area contributed by atoms with Crippen molar-refractivity contribution in [1.29, 1.82) is 5.26 Å². The number of hydrogen-bond donors (Lipinski definition) is 1. The van der Waals surface area contributed by atoms with Gasteiger partial charge in [-0.25, -0.2) is 9.59 Å². The van der Waals surface area contributed by atoms with Crippen molar-refractivity contribution in [3.8, 4) is 11.9 Å². The number of aromatic hydroxyl groups is 1. The summed E-state index contributed by atoms with van der Waals surface area (Å²) in [6.07, 6.45) is 11.2. The highest BCUT2D eigenvalue weighted by Gasteiger charge is 2.22. The molecule has 1 atom stereocenters. The monoisotopic (exact) mass is 622 g/mol. The molecule has 0 amide bonds. The highest BCUT2D eigenvalue weighted by molar-refractivity contribution is 5.98. The molecule has 2 rings (SSSR count). The van der Waals surface area contributed by atoms with Gasteiger partial charge in [-0.05, 0) is 50.3 Å². The molecule has 45 heavy (non-hydrogen) atoms. The minimum atomic E-state index is -0.626. The summed E-state index contributed by atoms with van der Waals surface area (Å²) in [6.45, 7) is 10.6. The van der Waals surface area contributed by atoms with Crippen LogP contribution >= 0.6 is 0 Å². The Morgan fingerprint density at radius 1 is 0.911 bits per heavy atom. The van der Waals surface area contributed by atoms with Gasteiger partial charge in [-0.3, -0.25) is 9.36 Å². The first-order valence-corrected chi connectivity index (χ1v) is 16.5. The van der Waals surface area contributed by atoms with E-state index < -0.39 is 23.4 Å². The molecule has 0 saturated heterocycles. The van der Waals surface area contributed by atoms with Crippen molar-refractivity contribution in [2.75, 3.05) is 13.2 Å². The average Bonchev–Trinajstić information content (AvgIpc) is 3.04. The molecule has 0 saturated carbocycles. The van der Waals surface area contributed by atoms with Crippen molar-refractivity contribution < 1.29 is 24.2 Å². The van der Waals surface area contributed by atoms with Crippen molar-refractivity contribution in [2.24, 2.45) is 16.1 Å². The zero-order valence-electron chi connectivity index (χ0n) is 27.7. The van der Waals surface area contributed by atoms with Gasteiger partial charge in [0.2, 0.25) is 5.88 Å². The second-order valence-electron chi connectivity index (χ2n) is 11.4. The van der Waals surface area contributed by atoms with Crippen LogP contribution in [0.1, 0.15) is 137 Å². The Morgan fingerprint density at radius 2 is 1.53 bits per heavy atom. The molecule has 1 aromatic heterocycles. The van der Waals surface area contributed by atoms with Crippen molar-refractivity contribution in [3.05, 3.63) is 50.8 Å². The molecule has 1 aromatic carbocycles. The first-order chi connectivity index (χ1) is 21.7. The Labute approximate surface area is 267 Å². The van der Waals surface area contributed by atoms with Gasteiger partial charge in [0.1, 0.15) is 17.3 Å². The smallest absolute Gasteiger partial charge is 0.340 e. The standard InChI is InChI=1S/C35H50N4O6/c1-6-10-13-15-20-44-34(42)27-18-19-28(35(43)45-21-16-14-11-7-2)30(22-27)37-38-31-25(5)29(23-36)32(40)39(33(31)41)24-26(9-4)17-12-8-3/h18-19,22,26,40H,6-17,20-21,24H2,1-5H3. The number of rotatable bonds is 20. The van der Waals surface area contributed by atoms with Gasteiger partial charge in [0.05, 0.1) is 24.3 Å². The van der Waals surface area contributed by atoms with Gasteiger partial charge in [0, 0.05) is 12.1 Å². The number of ether oxygens (including phenoxy) is 2. The molecule has 0 bridgehead atoms. The molecular weight excluding hydrogens is 572 g/mol. The summed E-state index contributed by atoms with van der Waals surface area (Å²) in [5, 5.41) is 29.1. The molecule has 0 aliphatic heterocycles. The highest BCUT2D eigenvalue weighted by Crippen LogP contribution is 2.30. The number of unbranched alkanes of at least 4 members (excludes halogenated alkanes) is 7. The summed E-state index contributed by atoms with van der Waals surface area (Å²) in [6, 6.07) is 6.30. The van der Waals surface area contributed by atoms with Gasteiger partial charge in [0.15, 0.2) is 5.69 Å². The number of hydrogen-bond acceptors (Lipinski definition) is 9. The predicted octanol–water partition coefficient (Wildman–Crippen LogP) is 8.84. The van der Waals surface area contributed by atoms with Crippen LogP contribution in [0, 0.1) is 24.2 Å². The topological polar surface area (TPSA) is 143 Å². The molecule has 1 heterocycles. The normalized spacial score (nSPS) is 11.8. The van der Waals surface area contributed by atoms with Gasteiger partial charge in [0.25, 0.3) is 5.56 Å². The number of azo groups is 1. The maximum Gasteiger partial charge on any atom is 0.340 e. The summed E-state index contributed by atoms with van der Waals surface area (Å²) in [5.41, 5.74) is -0.330. The van der Waals surface area contributed by atoms with E-state index in [4.69, 9.17) is 9.47 Å². The van der Waals surface area contributed by atoms with Crippen molar-refractivity contribution in [1.82, 2.24) is 4.57 Å². The predicted molar refractivity (Wildman–Crippen MR) is 175 cm³/mol. The van der Waals surface area contributed by atoms with Crippen molar-refractivity contribution in [2.45, 2.75) is 118 Å². The number of benzene rings is 1. The summed E-state index contributed by atoms with van der Waals surface area (Å²) in [4.78, 5) is 39.5. The molecular formula is C35H50N4O6. The molecule has 0 aliphatic rings. The second kappa shape index (κ2) is 20.1. The van der Waals surface area contributed by atoms with Crippen molar-refractivity contribution >= 4 is 23.3 Å². The molecule has 10 heteroatoms. The summed E-state index contributed by atoms with van der Waals surface area (Å²) in [7, 11) is 0. The quantitative estimate of drug-likeness (QED) is 0.0882. The van der Waals surface area contributed by atoms with Gasteiger partial charge in [-0.1, -0.05) is 85.5 Å². The second-order valence-corrected chi connectivity index (χ2v) is 11.4. The lowest BCUT2D eigenvalue weighted by Gasteiger charge is -2.19. The molecule has 1 N–H and O–H groups in total. The molecule has 0 aliphatic carbocycles. The van der Waals surface area contributed by atoms with Crippen LogP contribution in [0.15, 0.2) is 33.2 Å². The molecule has 0 spiro atoms. The van der Waals surface area contributed by atoms with E-state index >= 15 is 0 Å². The summed E-state index contributed by atoms with van der Waals surface area (Å²) >= 11 is 0. The van der Waals surface area contributed by atoms with Gasteiger partial charge < -0.3 is 14.6 Å². The number of nitrogens with zero attached hydrogens (tertiary/aromatic N) is 4.